The van der Waals surface area contributed by atoms with Crippen LogP contribution in [0.1, 0.15) is 37.1 Å². The van der Waals surface area contributed by atoms with Gasteiger partial charge in [0.2, 0.25) is 11.8 Å². The van der Waals surface area contributed by atoms with Crippen molar-refractivity contribution in [1.29, 1.82) is 0 Å². The van der Waals surface area contributed by atoms with E-state index in [2.05, 4.69) is 5.32 Å². The van der Waals surface area contributed by atoms with Crippen molar-refractivity contribution >= 4 is 35.0 Å². The summed E-state index contributed by atoms with van der Waals surface area (Å²) in [6.45, 7) is 2.56. The van der Waals surface area contributed by atoms with Gasteiger partial charge in [0.15, 0.2) is 0 Å². The van der Waals surface area contributed by atoms with E-state index in [9.17, 15) is 9.59 Å². The molecule has 2 aromatic rings. The van der Waals surface area contributed by atoms with Crippen LogP contribution in [0.5, 0.6) is 5.75 Å². The first-order valence-electron chi connectivity index (χ1n) is 9.73. The van der Waals surface area contributed by atoms with Crippen LogP contribution in [-0.4, -0.2) is 24.2 Å². The van der Waals surface area contributed by atoms with E-state index in [1.807, 2.05) is 60.4 Å². The number of carbonyl (C=O) groups excluding carboxylic acids is 2. The summed E-state index contributed by atoms with van der Waals surface area (Å²) in [5, 5.41) is 2.92. The lowest BCUT2D eigenvalue weighted by molar-refractivity contribution is -0.122. The van der Waals surface area contributed by atoms with Crippen molar-refractivity contribution in [2.75, 3.05) is 22.6 Å². The minimum atomic E-state index is -0.0678. The molecule has 146 valence electrons. The maximum Gasteiger partial charge on any atom is 0.238 e. The van der Waals surface area contributed by atoms with Gasteiger partial charge >= 0.3 is 0 Å². The molecule has 0 spiro atoms. The number of carbonyl (C=O) groups is 2. The van der Waals surface area contributed by atoms with Crippen LogP contribution in [0.4, 0.5) is 11.4 Å². The van der Waals surface area contributed by atoms with Crippen molar-refractivity contribution in [2.45, 2.75) is 31.6 Å². The molecule has 0 aromatic heterocycles. The highest BCUT2D eigenvalue weighted by atomic mass is 32.2. The smallest absolute Gasteiger partial charge is 0.238 e. The van der Waals surface area contributed by atoms with Crippen LogP contribution in [0.2, 0.25) is 0 Å². The topological polar surface area (TPSA) is 58.6 Å². The molecular formula is C22H24N2O3S. The van der Waals surface area contributed by atoms with E-state index in [-0.39, 0.29) is 23.1 Å². The van der Waals surface area contributed by atoms with Crippen LogP contribution in [0.25, 0.3) is 0 Å². The maximum absolute atomic E-state index is 12.5. The molecule has 2 amide bonds. The second kappa shape index (κ2) is 8.27. The number of nitrogens with one attached hydrogen (secondary N) is 1. The predicted octanol–water partition coefficient (Wildman–Crippen LogP) is 4.60. The SMILES string of the molecule is CCOc1ccc(N2C(=O)CS[C@H]2c2ccc(NC(=O)C3CCC3)cc2)cc1. The lowest BCUT2D eigenvalue weighted by atomic mass is 9.85. The number of anilines is 2. The third-order valence-electron chi connectivity index (χ3n) is 5.23. The number of hydrogen-bond donors (Lipinski definition) is 1. The number of nitrogens with zero attached hydrogens (tertiary/aromatic N) is 1. The number of rotatable bonds is 6. The third-order valence-corrected chi connectivity index (χ3v) is 6.45. The summed E-state index contributed by atoms with van der Waals surface area (Å²) in [4.78, 5) is 26.5. The first kappa shape index (κ1) is 18.9. The number of amides is 2. The molecule has 1 heterocycles. The van der Waals surface area contributed by atoms with Gasteiger partial charge in [0.25, 0.3) is 0 Å². The Morgan fingerprint density at radius 2 is 1.86 bits per heavy atom. The average Bonchev–Trinajstić information content (AvgIpc) is 3.03. The standard InChI is InChI=1S/C22H24N2O3S/c1-2-27-19-12-10-18(11-13-19)24-20(25)14-28-22(24)16-6-8-17(9-7-16)23-21(26)15-4-3-5-15/h6-13,15,22H,2-5,14H2,1H3,(H,23,26)/t22-/m0/s1. The number of hydrogen-bond acceptors (Lipinski definition) is 4. The Kier molecular flexibility index (Phi) is 5.57. The molecule has 4 rings (SSSR count). The van der Waals surface area contributed by atoms with Gasteiger partial charge in [-0.25, -0.2) is 0 Å². The highest BCUT2D eigenvalue weighted by Crippen LogP contribution is 2.42. The van der Waals surface area contributed by atoms with Gasteiger partial charge in [-0.15, -0.1) is 11.8 Å². The molecule has 0 unspecified atom stereocenters. The molecule has 2 aromatic carbocycles. The molecular weight excluding hydrogens is 372 g/mol. The first-order chi connectivity index (χ1) is 13.7. The van der Waals surface area contributed by atoms with Crippen LogP contribution in [-0.2, 0) is 9.59 Å². The van der Waals surface area contributed by atoms with Crippen molar-refractivity contribution in [3.63, 3.8) is 0 Å². The van der Waals surface area contributed by atoms with Gasteiger partial charge in [-0.1, -0.05) is 18.6 Å². The molecule has 1 saturated heterocycles. The van der Waals surface area contributed by atoms with Crippen LogP contribution in [0.15, 0.2) is 48.5 Å². The first-order valence-corrected chi connectivity index (χ1v) is 10.8. The molecule has 1 aliphatic carbocycles. The van der Waals surface area contributed by atoms with Crippen molar-refractivity contribution in [1.82, 2.24) is 0 Å². The average molecular weight is 397 g/mol. The lowest BCUT2D eigenvalue weighted by Gasteiger charge is -2.25. The van der Waals surface area contributed by atoms with Crippen LogP contribution < -0.4 is 15.0 Å². The molecule has 2 aliphatic rings. The second-order valence-corrected chi connectivity index (χ2v) is 8.16. The summed E-state index contributed by atoms with van der Waals surface area (Å²) >= 11 is 1.62. The number of ether oxygens (including phenoxy) is 1. The zero-order chi connectivity index (χ0) is 19.5. The quantitative estimate of drug-likeness (QED) is 0.775. The summed E-state index contributed by atoms with van der Waals surface area (Å²) in [5.41, 5.74) is 2.72. The van der Waals surface area contributed by atoms with Crippen molar-refractivity contribution in [3.05, 3.63) is 54.1 Å². The number of benzene rings is 2. The molecule has 28 heavy (non-hydrogen) atoms. The highest BCUT2D eigenvalue weighted by Gasteiger charge is 2.34. The molecule has 1 atom stereocenters. The van der Waals surface area contributed by atoms with E-state index in [1.165, 1.54) is 0 Å². The van der Waals surface area contributed by atoms with Crippen molar-refractivity contribution < 1.29 is 14.3 Å². The second-order valence-electron chi connectivity index (χ2n) is 7.09. The minimum absolute atomic E-state index is 0.0678. The molecule has 1 N–H and O–H groups in total. The Labute approximate surface area is 169 Å². The summed E-state index contributed by atoms with van der Waals surface area (Å²) in [7, 11) is 0. The van der Waals surface area contributed by atoms with Crippen LogP contribution in [0.3, 0.4) is 0 Å². The molecule has 0 bridgehead atoms. The predicted molar refractivity (Wildman–Crippen MR) is 113 cm³/mol. The summed E-state index contributed by atoms with van der Waals surface area (Å²) in [6, 6.07) is 15.5. The maximum atomic E-state index is 12.5. The van der Waals surface area contributed by atoms with Gasteiger partial charge in [-0.2, -0.15) is 0 Å². The lowest BCUT2D eigenvalue weighted by Crippen LogP contribution is -2.28. The van der Waals surface area contributed by atoms with E-state index in [0.29, 0.717) is 12.4 Å². The number of thioether (sulfide) groups is 1. The zero-order valence-corrected chi connectivity index (χ0v) is 16.7. The van der Waals surface area contributed by atoms with Gasteiger partial charge < -0.3 is 10.1 Å². The van der Waals surface area contributed by atoms with Gasteiger partial charge in [0, 0.05) is 17.3 Å². The fourth-order valence-corrected chi connectivity index (χ4v) is 4.64. The molecule has 0 radical (unpaired) electrons. The van der Waals surface area contributed by atoms with Gasteiger partial charge in [0.1, 0.15) is 11.1 Å². The zero-order valence-electron chi connectivity index (χ0n) is 15.9. The summed E-state index contributed by atoms with van der Waals surface area (Å²) in [6.07, 6.45) is 3.12. The minimum Gasteiger partial charge on any atom is -0.494 e. The van der Waals surface area contributed by atoms with E-state index in [1.54, 1.807) is 11.8 Å². The van der Waals surface area contributed by atoms with Gasteiger partial charge in [0.05, 0.1) is 12.4 Å². The van der Waals surface area contributed by atoms with E-state index < -0.39 is 0 Å². The third kappa shape index (κ3) is 3.87. The van der Waals surface area contributed by atoms with E-state index in [4.69, 9.17) is 4.74 Å². The Hall–Kier alpha value is -2.47. The molecule has 1 aliphatic heterocycles. The van der Waals surface area contributed by atoms with E-state index in [0.717, 1.165) is 42.0 Å². The molecule has 2 fully saturated rings. The fourth-order valence-electron chi connectivity index (χ4n) is 3.47. The Morgan fingerprint density at radius 3 is 2.46 bits per heavy atom. The van der Waals surface area contributed by atoms with Crippen molar-refractivity contribution in [2.24, 2.45) is 5.92 Å². The molecule has 5 nitrogen and oxygen atoms in total. The largest absolute Gasteiger partial charge is 0.494 e. The van der Waals surface area contributed by atoms with Crippen molar-refractivity contribution in [3.8, 4) is 5.75 Å². The highest BCUT2D eigenvalue weighted by molar-refractivity contribution is 8.00. The van der Waals surface area contributed by atoms with Crippen LogP contribution in [0, 0.1) is 5.92 Å². The van der Waals surface area contributed by atoms with Gasteiger partial charge in [-0.3, -0.25) is 14.5 Å². The normalized spacial score (nSPS) is 19.4. The van der Waals surface area contributed by atoms with Gasteiger partial charge in [-0.05, 0) is 61.7 Å². The molecule has 1 saturated carbocycles. The Bertz CT molecular complexity index is 847. The summed E-state index contributed by atoms with van der Waals surface area (Å²) in [5.74, 6) is 1.63. The molecule has 6 heteroatoms. The summed E-state index contributed by atoms with van der Waals surface area (Å²) < 4.78 is 5.49. The van der Waals surface area contributed by atoms with Crippen LogP contribution >= 0.6 is 11.8 Å². The Morgan fingerprint density at radius 1 is 1.14 bits per heavy atom. The van der Waals surface area contributed by atoms with E-state index >= 15 is 0 Å². The fraction of sp³-hybridized carbons (Fsp3) is 0.364. The monoisotopic (exact) mass is 396 g/mol. The Balaban J connectivity index is 1.48.